The molecule has 0 fully saturated rings. The summed E-state index contributed by atoms with van der Waals surface area (Å²) in [5.74, 6) is 0.112. The van der Waals surface area contributed by atoms with E-state index in [0.29, 0.717) is 5.52 Å². The van der Waals surface area contributed by atoms with Crippen LogP contribution in [-0.4, -0.2) is 15.1 Å². The first-order valence-electron chi connectivity index (χ1n) is 6.81. The fraction of sp³-hybridized carbons (Fsp3) is 0.188. The molecule has 106 valence electrons. The predicted octanol–water partition coefficient (Wildman–Crippen LogP) is 2.99. The minimum atomic E-state index is -0.586. The minimum Gasteiger partial charge on any atom is -0.388 e. The number of imidazole rings is 1. The summed E-state index contributed by atoms with van der Waals surface area (Å²) in [6, 6.07) is 11.9. The van der Waals surface area contributed by atoms with E-state index in [-0.39, 0.29) is 11.6 Å². The minimum absolute atomic E-state index is 0.112. The topological polar surface area (TPSA) is 68.9 Å². The summed E-state index contributed by atoms with van der Waals surface area (Å²) < 4.78 is 0.808. The Hall–Kier alpha value is -1.85. The monoisotopic (exact) mass is 344 g/mol. The number of halogens is 1. The molecule has 3 N–H and O–H groups in total. The summed E-state index contributed by atoms with van der Waals surface area (Å²) in [5.41, 5.74) is 4.52. The average molecular weight is 345 g/mol. The Labute approximate surface area is 129 Å². The van der Waals surface area contributed by atoms with Crippen molar-refractivity contribution in [1.82, 2.24) is 9.97 Å². The summed E-state index contributed by atoms with van der Waals surface area (Å²) >= 11 is 3.49. The second-order valence-corrected chi connectivity index (χ2v) is 6.31. The number of rotatable bonds is 2. The van der Waals surface area contributed by atoms with Crippen molar-refractivity contribution in [3.8, 4) is 0 Å². The highest BCUT2D eigenvalue weighted by molar-refractivity contribution is 9.10. The number of benzene rings is 2. The summed E-state index contributed by atoms with van der Waals surface area (Å²) in [6.45, 7) is 0. The Morgan fingerprint density at radius 3 is 2.67 bits per heavy atom. The fourth-order valence-electron chi connectivity index (χ4n) is 3.10. The molecule has 2 aromatic carbocycles. The number of hydrogen-bond donors (Lipinski definition) is 3. The molecule has 0 saturated carbocycles. The quantitative estimate of drug-likeness (QED) is 0.668. The average Bonchev–Trinajstić information content (AvgIpc) is 2.78. The molecule has 1 heterocycles. The molecule has 0 amide bonds. The summed E-state index contributed by atoms with van der Waals surface area (Å²) in [5, 5.41) is 10.7. The lowest BCUT2D eigenvalue weighted by molar-refractivity contribution is 0.134. The first kappa shape index (κ1) is 12.9. The molecule has 1 aliphatic rings. The lowest BCUT2D eigenvalue weighted by atomic mass is 9.73. The van der Waals surface area contributed by atoms with Gasteiger partial charge in [0.15, 0.2) is 0 Å². The van der Waals surface area contributed by atoms with Crippen LogP contribution in [0, 0.1) is 0 Å². The van der Waals surface area contributed by atoms with E-state index in [4.69, 9.17) is 0 Å². The van der Waals surface area contributed by atoms with Gasteiger partial charge in [-0.25, -0.2) is 4.79 Å². The number of aromatic amines is 2. The molecule has 2 unspecified atom stereocenters. The van der Waals surface area contributed by atoms with Gasteiger partial charge in [0.25, 0.3) is 0 Å². The van der Waals surface area contributed by atoms with Crippen LogP contribution in [-0.2, 0) is 6.42 Å². The highest BCUT2D eigenvalue weighted by Crippen LogP contribution is 2.45. The maximum absolute atomic E-state index is 11.4. The standard InChI is InChI=1S/C16H13BrN2O2/c17-12-7-14-13(18-16(21)19-14)6-11(12)15(20)10-5-8-3-1-2-4-9(8)10/h1-4,6-7,10,15,20H,5H2,(H2,18,19,21). The van der Waals surface area contributed by atoms with Gasteiger partial charge in [-0.05, 0) is 35.2 Å². The molecule has 0 bridgehead atoms. The van der Waals surface area contributed by atoms with Crippen molar-refractivity contribution in [1.29, 1.82) is 0 Å². The molecule has 0 saturated heterocycles. The van der Waals surface area contributed by atoms with Crippen LogP contribution in [0.3, 0.4) is 0 Å². The maximum Gasteiger partial charge on any atom is 0.323 e. The normalized spacial score (nSPS) is 18.3. The lowest BCUT2D eigenvalue weighted by Crippen LogP contribution is -2.23. The number of H-pyrrole nitrogens is 2. The third kappa shape index (κ3) is 1.96. The van der Waals surface area contributed by atoms with Gasteiger partial charge in [0, 0.05) is 10.4 Å². The number of hydrogen-bond acceptors (Lipinski definition) is 2. The summed E-state index contributed by atoms with van der Waals surface area (Å²) in [4.78, 5) is 16.8. The maximum atomic E-state index is 11.4. The van der Waals surface area contributed by atoms with Crippen molar-refractivity contribution >= 4 is 27.0 Å². The van der Waals surface area contributed by atoms with E-state index >= 15 is 0 Å². The van der Waals surface area contributed by atoms with E-state index in [1.54, 1.807) is 0 Å². The number of nitrogens with one attached hydrogen (secondary N) is 2. The molecule has 1 aromatic heterocycles. The Morgan fingerprint density at radius 2 is 1.90 bits per heavy atom. The van der Waals surface area contributed by atoms with Crippen molar-refractivity contribution in [2.45, 2.75) is 18.4 Å². The summed E-state index contributed by atoms with van der Waals surface area (Å²) in [6.07, 6.45) is 0.294. The zero-order valence-corrected chi connectivity index (χ0v) is 12.6. The summed E-state index contributed by atoms with van der Waals surface area (Å²) in [7, 11) is 0. The van der Waals surface area contributed by atoms with E-state index < -0.39 is 6.10 Å². The highest BCUT2D eigenvalue weighted by Gasteiger charge is 2.33. The molecule has 3 aromatic rings. The molecule has 1 aliphatic carbocycles. The van der Waals surface area contributed by atoms with Crippen LogP contribution in [0.15, 0.2) is 45.7 Å². The highest BCUT2D eigenvalue weighted by atomic mass is 79.9. The second-order valence-electron chi connectivity index (χ2n) is 5.45. The molecular formula is C16H13BrN2O2. The lowest BCUT2D eigenvalue weighted by Gasteiger charge is -2.34. The fourth-order valence-corrected chi connectivity index (χ4v) is 3.67. The SMILES string of the molecule is O=c1[nH]c2cc(Br)c(C(O)C3Cc4ccccc43)cc2[nH]1. The van der Waals surface area contributed by atoms with E-state index in [1.807, 2.05) is 24.3 Å². The van der Waals surface area contributed by atoms with Gasteiger partial charge in [0.05, 0.1) is 17.1 Å². The molecule has 0 radical (unpaired) electrons. The van der Waals surface area contributed by atoms with E-state index in [1.165, 1.54) is 11.1 Å². The number of fused-ring (bicyclic) bond motifs is 2. The van der Waals surface area contributed by atoms with Gasteiger partial charge < -0.3 is 15.1 Å². The smallest absolute Gasteiger partial charge is 0.323 e. The third-order valence-corrected chi connectivity index (χ3v) is 4.91. The molecule has 4 nitrogen and oxygen atoms in total. The number of aliphatic hydroxyl groups is 1. The second kappa shape index (κ2) is 4.58. The van der Waals surface area contributed by atoms with Crippen molar-refractivity contribution in [2.24, 2.45) is 0 Å². The van der Waals surface area contributed by atoms with Crippen LogP contribution in [0.1, 0.15) is 28.7 Å². The van der Waals surface area contributed by atoms with Crippen LogP contribution >= 0.6 is 15.9 Å². The Balaban J connectivity index is 1.76. The molecule has 0 aliphatic heterocycles. The van der Waals surface area contributed by atoms with Crippen molar-refractivity contribution in [3.63, 3.8) is 0 Å². The largest absolute Gasteiger partial charge is 0.388 e. The first-order valence-corrected chi connectivity index (χ1v) is 7.60. The van der Waals surface area contributed by atoms with Gasteiger partial charge >= 0.3 is 5.69 Å². The van der Waals surface area contributed by atoms with Gasteiger partial charge in [-0.3, -0.25) is 0 Å². The predicted molar refractivity (Wildman–Crippen MR) is 84.5 cm³/mol. The molecule has 0 spiro atoms. The van der Waals surface area contributed by atoms with Gasteiger partial charge in [-0.1, -0.05) is 40.2 Å². The molecule has 4 rings (SSSR count). The van der Waals surface area contributed by atoms with Gasteiger partial charge in [0.1, 0.15) is 0 Å². The Morgan fingerprint density at radius 1 is 1.19 bits per heavy atom. The van der Waals surface area contributed by atoms with E-state index in [2.05, 4.69) is 38.0 Å². The number of aromatic nitrogens is 2. The zero-order chi connectivity index (χ0) is 14.6. The molecule has 5 heteroatoms. The Bertz CT molecular complexity index is 897. The van der Waals surface area contributed by atoms with Gasteiger partial charge in [-0.2, -0.15) is 0 Å². The third-order valence-electron chi connectivity index (χ3n) is 4.23. The van der Waals surface area contributed by atoms with Crippen molar-refractivity contribution < 1.29 is 5.11 Å². The first-order chi connectivity index (χ1) is 10.1. The molecule has 2 atom stereocenters. The van der Waals surface area contributed by atoms with Crippen LogP contribution in [0.25, 0.3) is 11.0 Å². The van der Waals surface area contributed by atoms with Crippen LogP contribution in [0.5, 0.6) is 0 Å². The Kier molecular flexibility index (Phi) is 2.80. The van der Waals surface area contributed by atoms with Crippen LogP contribution in [0.2, 0.25) is 0 Å². The zero-order valence-electron chi connectivity index (χ0n) is 11.1. The van der Waals surface area contributed by atoms with Crippen LogP contribution < -0.4 is 5.69 Å². The van der Waals surface area contributed by atoms with E-state index in [9.17, 15) is 9.90 Å². The van der Waals surface area contributed by atoms with E-state index in [0.717, 1.165) is 22.0 Å². The van der Waals surface area contributed by atoms with Gasteiger partial charge in [0.2, 0.25) is 0 Å². The molecule has 21 heavy (non-hydrogen) atoms. The number of aliphatic hydroxyl groups excluding tert-OH is 1. The molecular weight excluding hydrogens is 332 g/mol. The van der Waals surface area contributed by atoms with Crippen LogP contribution in [0.4, 0.5) is 0 Å². The van der Waals surface area contributed by atoms with Gasteiger partial charge in [-0.15, -0.1) is 0 Å². The van der Waals surface area contributed by atoms with Crippen molar-refractivity contribution in [2.75, 3.05) is 0 Å². The van der Waals surface area contributed by atoms with Crippen molar-refractivity contribution in [3.05, 3.63) is 68.0 Å².